The van der Waals surface area contributed by atoms with E-state index in [1.54, 1.807) is 34.4 Å². The molecule has 9 heteroatoms. The lowest BCUT2D eigenvalue weighted by Crippen LogP contribution is -2.40. The molecule has 0 atom stereocenters. The van der Waals surface area contributed by atoms with Crippen LogP contribution in [0.2, 0.25) is 0 Å². The number of rotatable bonds is 5. The second-order valence-corrected chi connectivity index (χ2v) is 8.06. The van der Waals surface area contributed by atoms with Gasteiger partial charge in [-0.25, -0.2) is 4.68 Å². The van der Waals surface area contributed by atoms with Gasteiger partial charge in [0.1, 0.15) is 11.4 Å². The summed E-state index contributed by atoms with van der Waals surface area (Å²) in [6.45, 7) is 0. The smallest absolute Gasteiger partial charge is 0.286 e. The molecule has 3 aromatic heterocycles. The van der Waals surface area contributed by atoms with Crippen LogP contribution in [0.4, 0.5) is 0 Å². The molecule has 0 aliphatic rings. The molecule has 0 bridgehead atoms. The van der Waals surface area contributed by atoms with Crippen LogP contribution < -0.4 is 10.9 Å². The molecule has 150 valence electrons. The molecule has 3 N–H and O–H groups in total. The lowest BCUT2D eigenvalue weighted by atomic mass is 10.2. The number of aromatic nitrogens is 3. The van der Waals surface area contributed by atoms with Gasteiger partial charge in [-0.15, -0.1) is 11.3 Å². The van der Waals surface area contributed by atoms with Crippen molar-refractivity contribution in [1.82, 2.24) is 25.6 Å². The number of carbonyl (C=O) groups excluding carboxylic acids is 2. The maximum absolute atomic E-state index is 12.2. The highest BCUT2D eigenvalue weighted by atomic mass is 79.9. The Balaban J connectivity index is 1.50. The maximum atomic E-state index is 12.2. The van der Waals surface area contributed by atoms with Gasteiger partial charge in [-0.3, -0.25) is 20.4 Å². The number of benzene rings is 1. The van der Waals surface area contributed by atoms with Crippen LogP contribution in [-0.4, -0.2) is 26.6 Å². The minimum absolute atomic E-state index is 0.329. The largest absolute Gasteiger partial charge is 0.356 e. The average molecular weight is 482 g/mol. The monoisotopic (exact) mass is 481 g/mol. The Bertz CT molecular complexity index is 1200. The first kappa shape index (κ1) is 19.9. The normalized spacial score (nSPS) is 11.0. The van der Waals surface area contributed by atoms with Crippen molar-refractivity contribution in [2.75, 3.05) is 0 Å². The van der Waals surface area contributed by atoms with Crippen LogP contribution >= 0.6 is 27.3 Å². The molecule has 0 radical (unpaired) electrons. The number of para-hydroxylation sites is 1. The molecule has 7 nitrogen and oxygen atoms in total. The molecular formula is C21H16BrN5O2S. The van der Waals surface area contributed by atoms with Crippen LogP contribution in [-0.2, 0) is 4.79 Å². The quantitative estimate of drug-likeness (QED) is 0.295. The van der Waals surface area contributed by atoms with Crippen LogP contribution in [0.25, 0.3) is 22.3 Å². The fourth-order valence-electron chi connectivity index (χ4n) is 2.72. The van der Waals surface area contributed by atoms with Crippen LogP contribution in [0.15, 0.2) is 76.9 Å². The zero-order valence-corrected chi connectivity index (χ0v) is 17.9. The fourth-order valence-corrected chi connectivity index (χ4v) is 3.79. The maximum Gasteiger partial charge on any atom is 0.286 e. The van der Waals surface area contributed by atoms with Crippen molar-refractivity contribution >= 4 is 45.2 Å². The summed E-state index contributed by atoms with van der Waals surface area (Å²) in [4.78, 5) is 28.0. The van der Waals surface area contributed by atoms with Crippen molar-refractivity contribution < 1.29 is 9.59 Å². The van der Waals surface area contributed by atoms with Crippen molar-refractivity contribution in [1.29, 1.82) is 0 Å². The van der Waals surface area contributed by atoms with Gasteiger partial charge in [0.05, 0.1) is 10.6 Å². The van der Waals surface area contributed by atoms with Crippen molar-refractivity contribution in [3.8, 4) is 16.3 Å². The van der Waals surface area contributed by atoms with Gasteiger partial charge in [-0.1, -0.05) is 24.3 Å². The van der Waals surface area contributed by atoms with E-state index >= 15 is 0 Å². The highest BCUT2D eigenvalue weighted by Gasteiger charge is 2.12. The fraction of sp³-hybridized carbons (Fsp3) is 0. The van der Waals surface area contributed by atoms with E-state index in [0.717, 1.165) is 26.3 Å². The van der Waals surface area contributed by atoms with Crippen LogP contribution in [0, 0.1) is 0 Å². The number of hydrogen-bond acceptors (Lipinski definition) is 4. The first-order valence-corrected chi connectivity index (χ1v) is 10.6. The van der Waals surface area contributed by atoms with Gasteiger partial charge in [0.15, 0.2) is 0 Å². The topological polar surface area (TPSA) is 91.8 Å². The molecule has 0 aliphatic heterocycles. The van der Waals surface area contributed by atoms with E-state index in [1.807, 2.05) is 54.0 Å². The number of nitrogens with zero attached hydrogens (tertiary/aromatic N) is 2. The average Bonchev–Trinajstić information content (AvgIpc) is 3.51. The number of amides is 2. The Labute approximate surface area is 184 Å². The molecule has 0 aliphatic carbocycles. The van der Waals surface area contributed by atoms with E-state index < -0.39 is 11.8 Å². The first-order chi connectivity index (χ1) is 14.6. The Hall–Kier alpha value is -3.43. The van der Waals surface area contributed by atoms with Gasteiger partial charge in [0.25, 0.3) is 11.8 Å². The van der Waals surface area contributed by atoms with E-state index in [0.29, 0.717) is 5.69 Å². The Morgan fingerprint density at radius 3 is 2.67 bits per heavy atom. The number of thiophene rings is 1. The summed E-state index contributed by atoms with van der Waals surface area (Å²) in [5.41, 5.74) is 7.54. The summed E-state index contributed by atoms with van der Waals surface area (Å²) < 4.78 is 2.52. The van der Waals surface area contributed by atoms with E-state index in [4.69, 9.17) is 0 Å². The van der Waals surface area contributed by atoms with Crippen LogP contribution in [0.5, 0.6) is 0 Å². The highest BCUT2D eigenvalue weighted by molar-refractivity contribution is 9.10. The summed E-state index contributed by atoms with van der Waals surface area (Å²) in [6, 6.07) is 15.3. The van der Waals surface area contributed by atoms with Gasteiger partial charge in [-0.2, -0.15) is 5.10 Å². The lowest BCUT2D eigenvalue weighted by molar-refractivity contribution is -0.117. The molecule has 0 fully saturated rings. The first-order valence-electron chi connectivity index (χ1n) is 8.91. The molecule has 2 amide bonds. The second kappa shape index (κ2) is 8.93. The van der Waals surface area contributed by atoms with Gasteiger partial charge in [-0.05, 0) is 51.7 Å². The number of nitrogens with one attached hydrogen (secondary N) is 3. The molecule has 30 heavy (non-hydrogen) atoms. The van der Waals surface area contributed by atoms with Gasteiger partial charge < -0.3 is 4.98 Å². The Morgan fingerprint density at radius 1 is 1.13 bits per heavy atom. The summed E-state index contributed by atoms with van der Waals surface area (Å²) in [5, 5.41) is 6.66. The molecule has 1 aromatic carbocycles. The summed E-state index contributed by atoms with van der Waals surface area (Å²) in [6.07, 6.45) is 6.53. The molecule has 0 saturated heterocycles. The predicted octanol–water partition coefficient (Wildman–Crippen LogP) is 4.17. The number of hydrazine groups is 1. The van der Waals surface area contributed by atoms with Gasteiger partial charge >= 0.3 is 0 Å². The third-order valence-corrected chi connectivity index (χ3v) is 5.46. The zero-order valence-electron chi connectivity index (χ0n) is 15.5. The molecule has 4 rings (SSSR count). The minimum atomic E-state index is -0.460. The standard InChI is InChI=1S/C21H16BrN5O2S/c22-15-11-17(23-12-15)21(29)25-24-19(28)9-8-14-13-27(16-5-2-1-3-6-16)26-20(14)18-7-4-10-30-18/h1-13,23H,(H,24,28)(H,25,29)/b9-8+. The summed E-state index contributed by atoms with van der Waals surface area (Å²) in [5.74, 6) is -0.905. The van der Waals surface area contributed by atoms with Crippen molar-refractivity contribution in [3.05, 3.63) is 88.1 Å². The SMILES string of the molecule is O=C(/C=C/c1cn(-c2ccccc2)nc1-c1cccs1)NNC(=O)c1cc(Br)c[nH]1. The lowest BCUT2D eigenvalue weighted by Gasteiger charge is -2.03. The third-order valence-electron chi connectivity index (χ3n) is 4.12. The minimum Gasteiger partial charge on any atom is -0.356 e. The Morgan fingerprint density at radius 2 is 1.97 bits per heavy atom. The number of hydrogen-bond donors (Lipinski definition) is 3. The van der Waals surface area contributed by atoms with Crippen molar-refractivity contribution in [2.45, 2.75) is 0 Å². The highest BCUT2D eigenvalue weighted by Crippen LogP contribution is 2.28. The van der Waals surface area contributed by atoms with Gasteiger partial charge in [0, 0.05) is 28.5 Å². The number of H-pyrrole nitrogens is 1. The second-order valence-electron chi connectivity index (χ2n) is 6.20. The Kier molecular flexibility index (Phi) is 5.92. The number of carbonyl (C=O) groups is 2. The summed E-state index contributed by atoms with van der Waals surface area (Å²) >= 11 is 4.83. The molecule has 4 aromatic rings. The molecule has 0 saturated carbocycles. The van der Waals surface area contributed by atoms with Crippen molar-refractivity contribution in [2.24, 2.45) is 0 Å². The van der Waals surface area contributed by atoms with E-state index in [-0.39, 0.29) is 0 Å². The predicted molar refractivity (Wildman–Crippen MR) is 120 cm³/mol. The number of aromatic amines is 1. The molecule has 0 spiro atoms. The zero-order chi connectivity index (χ0) is 20.9. The van der Waals surface area contributed by atoms with Crippen LogP contribution in [0.1, 0.15) is 16.1 Å². The number of halogens is 1. The third kappa shape index (κ3) is 4.58. The summed E-state index contributed by atoms with van der Waals surface area (Å²) in [7, 11) is 0. The molecular weight excluding hydrogens is 466 g/mol. The van der Waals surface area contributed by atoms with E-state index in [1.165, 1.54) is 6.08 Å². The van der Waals surface area contributed by atoms with E-state index in [2.05, 4.69) is 36.9 Å². The van der Waals surface area contributed by atoms with E-state index in [9.17, 15) is 9.59 Å². The molecule has 0 unspecified atom stereocenters. The molecule has 3 heterocycles. The van der Waals surface area contributed by atoms with Gasteiger partial charge in [0.2, 0.25) is 0 Å². The van der Waals surface area contributed by atoms with Crippen LogP contribution in [0.3, 0.4) is 0 Å². The van der Waals surface area contributed by atoms with Crippen molar-refractivity contribution in [3.63, 3.8) is 0 Å².